The monoisotopic (exact) mass is 416 g/mol. The number of fused-ring (bicyclic) bond motifs is 1. The average molecular weight is 416 g/mol. The van der Waals surface area contributed by atoms with E-state index in [4.69, 9.17) is 0 Å². The highest BCUT2D eigenvalue weighted by Crippen LogP contribution is 2.20. The molecule has 0 radical (unpaired) electrons. The lowest BCUT2D eigenvalue weighted by atomic mass is 10.3. The van der Waals surface area contributed by atoms with Gasteiger partial charge in [-0.25, -0.2) is 17.8 Å². The van der Waals surface area contributed by atoms with E-state index in [-0.39, 0.29) is 11.4 Å². The van der Waals surface area contributed by atoms with Crippen molar-refractivity contribution in [3.63, 3.8) is 0 Å². The maximum Gasteiger partial charge on any atom is 0.242 e. The summed E-state index contributed by atoms with van der Waals surface area (Å²) in [5, 5.41) is 15.5. The lowest BCUT2D eigenvalue weighted by Crippen LogP contribution is -2.29. The molecular weight excluding hydrogens is 400 g/mol. The Balaban J connectivity index is 1.35. The number of aryl methyl sites for hydroxylation is 1. The molecule has 2 N–H and O–H groups in total. The van der Waals surface area contributed by atoms with Gasteiger partial charge in [0, 0.05) is 19.3 Å². The van der Waals surface area contributed by atoms with Crippen molar-refractivity contribution in [2.75, 3.05) is 18.4 Å². The van der Waals surface area contributed by atoms with Crippen LogP contribution in [0.25, 0.3) is 16.9 Å². The normalized spacial score (nSPS) is 11.8. The first kappa shape index (κ1) is 18.4. The summed E-state index contributed by atoms with van der Waals surface area (Å²) in [6.07, 6.45) is 1.81. The molecule has 0 aliphatic heterocycles. The fourth-order valence-corrected chi connectivity index (χ4v) is 4.33. The molecule has 0 fully saturated rings. The Morgan fingerprint density at radius 3 is 2.71 bits per heavy atom. The Morgan fingerprint density at radius 1 is 1.07 bits per heavy atom. The van der Waals surface area contributed by atoms with E-state index >= 15 is 0 Å². The minimum Gasteiger partial charge on any atom is -0.367 e. The molecule has 0 aliphatic carbocycles. The molecule has 0 amide bonds. The summed E-state index contributed by atoms with van der Waals surface area (Å²) in [7, 11) is -3.69. The fourth-order valence-electron chi connectivity index (χ4n) is 2.54. The van der Waals surface area contributed by atoms with Crippen molar-refractivity contribution in [3.05, 3.63) is 48.3 Å². The van der Waals surface area contributed by atoms with E-state index in [1.54, 1.807) is 35.1 Å². The number of nitrogens with one attached hydrogen (secondary N) is 2. The van der Waals surface area contributed by atoms with Crippen LogP contribution in [0.2, 0.25) is 0 Å². The van der Waals surface area contributed by atoms with E-state index in [1.807, 2.05) is 13.0 Å². The van der Waals surface area contributed by atoms with Gasteiger partial charge in [-0.3, -0.25) is 0 Å². The van der Waals surface area contributed by atoms with Gasteiger partial charge >= 0.3 is 0 Å². The van der Waals surface area contributed by atoms with E-state index in [0.29, 0.717) is 29.2 Å². The number of nitrogens with zero attached hydrogens (tertiary/aromatic N) is 6. The summed E-state index contributed by atoms with van der Waals surface area (Å²) >= 11 is 0.984. The molecule has 3 aromatic heterocycles. The standard InChI is InChI=1S/C16H16N8O2S2/c1-11-7-10-24(21-11)15-6-5-14(19-20-15)17-8-9-18-28(25,26)13-4-2-3-12-16(13)23-27-22-12/h2-7,10,18H,8-9H2,1H3,(H,17,19). The van der Waals surface area contributed by atoms with Gasteiger partial charge in [0.1, 0.15) is 21.7 Å². The van der Waals surface area contributed by atoms with Crippen molar-refractivity contribution < 1.29 is 8.42 Å². The highest BCUT2D eigenvalue weighted by atomic mass is 32.2. The van der Waals surface area contributed by atoms with Crippen molar-refractivity contribution in [1.29, 1.82) is 0 Å². The second kappa shape index (κ2) is 7.58. The summed E-state index contributed by atoms with van der Waals surface area (Å²) in [5.74, 6) is 1.14. The summed E-state index contributed by atoms with van der Waals surface area (Å²) in [5.41, 5.74) is 1.83. The minimum absolute atomic E-state index is 0.123. The molecule has 4 aromatic rings. The van der Waals surface area contributed by atoms with Gasteiger partial charge in [-0.15, -0.1) is 10.2 Å². The van der Waals surface area contributed by atoms with Gasteiger partial charge in [-0.2, -0.15) is 13.8 Å². The molecule has 0 bridgehead atoms. The van der Waals surface area contributed by atoms with Gasteiger partial charge < -0.3 is 5.32 Å². The quantitative estimate of drug-likeness (QED) is 0.432. The Morgan fingerprint density at radius 2 is 1.96 bits per heavy atom. The highest BCUT2D eigenvalue weighted by Gasteiger charge is 2.18. The number of hydrogen-bond acceptors (Lipinski definition) is 9. The van der Waals surface area contributed by atoms with Gasteiger partial charge in [-0.1, -0.05) is 6.07 Å². The van der Waals surface area contributed by atoms with Crippen LogP contribution in [0.4, 0.5) is 5.82 Å². The van der Waals surface area contributed by atoms with Crippen molar-refractivity contribution in [1.82, 2.24) is 33.4 Å². The van der Waals surface area contributed by atoms with Crippen LogP contribution in [0, 0.1) is 6.92 Å². The zero-order valence-electron chi connectivity index (χ0n) is 14.8. The van der Waals surface area contributed by atoms with Crippen molar-refractivity contribution in [2.45, 2.75) is 11.8 Å². The van der Waals surface area contributed by atoms with Crippen LogP contribution in [0.1, 0.15) is 5.69 Å². The molecule has 0 atom stereocenters. The SMILES string of the molecule is Cc1ccn(-c2ccc(NCCNS(=O)(=O)c3cccc4nsnc34)nn2)n1. The Bertz CT molecular complexity index is 1200. The van der Waals surface area contributed by atoms with Crippen LogP contribution in [0.3, 0.4) is 0 Å². The predicted molar refractivity (Wildman–Crippen MR) is 105 cm³/mol. The van der Waals surface area contributed by atoms with Crippen LogP contribution in [-0.4, -0.2) is 50.2 Å². The number of anilines is 1. The maximum atomic E-state index is 12.5. The van der Waals surface area contributed by atoms with Crippen LogP contribution < -0.4 is 10.0 Å². The van der Waals surface area contributed by atoms with Gasteiger partial charge in [0.05, 0.1) is 17.4 Å². The first-order valence-electron chi connectivity index (χ1n) is 8.34. The Labute approximate surface area is 165 Å². The number of hydrogen-bond donors (Lipinski definition) is 2. The molecule has 0 saturated heterocycles. The third-order valence-corrected chi connectivity index (χ3v) is 5.90. The Hall–Kier alpha value is -2.96. The highest BCUT2D eigenvalue weighted by molar-refractivity contribution is 7.89. The predicted octanol–water partition coefficient (Wildman–Crippen LogP) is 1.37. The lowest BCUT2D eigenvalue weighted by molar-refractivity contribution is 0.583. The van der Waals surface area contributed by atoms with Gasteiger partial charge in [0.2, 0.25) is 10.0 Å². The van der Waals surface area contributed by atoms with E-state index in [9.17, 15) is 8.42 Å². The second-order valence-electron chi connectivity index (χ2n) is 5.89. The van der Waals surface area contributed by atoms with Crippen molar-refractivity contribution in [3.8, 4) is 5.82 Å². The molecule has 4 rings (SSSR count). The molecule has 0 unspecified atom stereocenters. The van der Waals surface area contributed by atoms with Crippen LogP contribution in [-0.2, 0) is 10.0 Å². The van der Waals surface area contributed by atoms with Crippen molar-refractivity contribution in [2.24, 2.45) is 0 Å². The molecule has 28 heavy (non-hydrogen) atoms. The Kier molecular flexibility index (Phi) is 4.98. The third-order valence-electron chi connectivity index (χ3n) is 3.87. The number of sulfonamides is 1. The maximum absolute atomic E-state index is 12.5. The fraction of sp³-hybridized carbons (Fsp3) is 0.188. The summed E-state index contributed by atoms with van der Waals surface area (Å²) in [6, 6.07) is 10.3. The van der Waals surface area contributed by atoms with E-state index in [1.165, 1.54) is 6.07 Å². The summed E-state index contributed by atoms with van der Waals surface area (Å²) in [4.78, 5) is 0.123. The van der Waals surface area contributed by atoms with E-state index in [0.717, 1.165) is 17.4 Å². The zero-order chi connectivity index (χ0) is 19.6. The number of rotatable bonds is 7. The molecule has 1 aromatic carbocycles. The second-order valence-corrected chi connectivity index (χ2v) is 8.15. The molecule has 0 aliphatic rings. The molecule has 144 valence electrons. The molecule has 0 saturated carbocycles. The van der Waals surface area contributed by atoms with E-state index in [2.05, 4.69) is 34.1 Å². The van der Waals surface area contributed by atoms with Crippen molar-refractivity contribution >= 4 is 38.6 Å². The topological polar surface area (TPSA) is 128 Å². The largest absolute Gasteiger partial charge is 0.367 e. The van der Waals surface area contributed by atoms with Crippen LogP contribution >= 0.6 is 11.7 Å². The first-order valence-corrected chi connectivity index (χ1v) is 10.6. The summed E-state index contributed by atoms with van der Waals surface area (Å²) < 4.78 is 37.4. The molecule has 0 spiro atoms. The molecule has 12 heteroatoms. The van der Waals surface area contributed by atoms with Gasteiger partial charge in [0.25, 0.3) is 0 Å². The number of aromatic nitrogens is 6. The zero-order valence-corrected chi connectivity index (χ0v) is 16.4. The first-order chi connectivity index (χ1) is 13.5. The van der Waals surface area contributed by atoms with Gasteiger partial charge in [0.15, 0.2) is 5.82 Å². The molecular formula is C16H16N8O2S2. The van der Waals surface area contributed by atoms with Gasteiger partial charge in [-0.05, 0) is 37.3 Å². The average Bonchev–Trinajstić information content (AvgIpc) is 3.34. The van der Waals surface area contributed by atoms with Crippen LogP contribution in [0.5, 0.6) is 0 Å². The van der Waals surface area contributed by atoms with Crippen LogP contribution in [0.15, 0.2) is 47.5 Å². The summed E-state index contributed by atoms with van der Waals surface area (Å²) in [6.45, 7) is 2.42. The number of benzene rings is 1. The minimum atomic E-state index is -3.69. The van der Waals surface area contributed by atoms with E-state index < -0.39 is 10.0 Å². The third kappa shape index (κ3) is 3.83. The molecule has 3 heterocycles. The smallest absolute Gasteiger partial charge is 0.242 e. The lowest BCUT2D eigenvalue weighted by Gasteiger charge is -2.08. The molecule has 10 nitrogen and oxygen atoms in total.